The number of piperidine rings is 1. The zero-order chi connectivity index (χ0) is 16.4. The van der Waals surface area contributed by atoms with Gasteiger partial charge in [-0.05, 0) is 43.4 Å². The number of fused-ring (bicyclic) bond motifs is 1. The number of primary amides is 1. The van der Waals surface area contributed by atoms with Crippen LogP contribution in [0.1, 0.15) is 24.8 Å². The third-order valence-corrected chi connectivity index (χ3v) is 4.11. The first-order chi connectivity index (χ1) is 11.0. The lowest BCUT2D eigenvalue weighted by molar-refractivity contribution is -0.138. The van der Waals surface area contributed by atoms with Crippen molar-refractivity contribution in [2.45, 2.75) is 31.7 Å². The molecule has 1 atom stereocenters. The number of carbonyl (C=O) groups excluding carboxylic acids is 2. The van der Waals surface area contributed by atoms with Crippen molar-refractivity contribution in [1.82, 2.24) is 9.88 Å². The number of nitrogens with one attached hydrogen (secondary N) is 1. The van der Waals surface area contributed by atoms with Crippen LogP contribution in [0.4, 0.5) is 0 Å². The number of hydrogen-bond donors (Lipinski definition) is 2. The maximum absolute atomic E-state index is 12.3. The number of carbonyl (C=O) groups is 2. The molecule has 1 aliphatic rings. The Morgan fingerprint density at radius 2 is 2.22 bits per heavy atom. The largest absolute Gasteiger partial charge is 0.417 e. The Labute approximate surface area is 132 Å². The molecule has 3 rings (SSSR count). The van der Waals surface area contributed by atoms with Crippen molar-refractivity contribution in [2.24, 2.45) is 5.73 Å². The Morgan fingerprint density at radius 1 is 1.39 bits per heavy atom. The molecule has 0 spiro atoms. The fourth-order valence-corrected chi connectivity index (χ4v) is 2.93. The van der Waals surface area contributed by atoms with E-state index in [9.17, 15) is 14.4 Å². The summed E-state index contributed by atoms with van der Waals surface area (Å²) in [6.45, 7) is 0.550. The fourth-order valence-electron chi connectivity index (χ4n) is 2.93. The molecule has 1 aromatic carbocycles. The number of nitrogens with zero attached hydrogens (tertiary/aromatic N) is 1. The summed E-state index contributed by atoms with van der Waals surface area (Å²) < 4.78 is 5.00. The van der Waals surface area contributed by atoms with Crippen molar-refractivity contribution in [3.63, 3.8) is 0 Å². The van der Waals surface area contributed by atoms with Crippen LogP contribution in [0.25, 0.3) is 11.1 Å². The van der Waals surface area contributed by atoms with E-state index in [2.05, 4.69) is 4.98 Å². The van der Waals surface area contributed by atoms with E-state index in [1.807, 2.05) is 6.07 Å². The quantitative estimate of drug-likeness (QED) is 0.866. The van der Waals surface area contributed by atoms with Gasteiger partial charge in [0.15, 0.2) is 5.58 Å². The minimum absolute atomic E-state index is 0.191. The molecule has 1 aliphatic heterocycles. The zero-order valence-electron chi connectivity index (χ0n) is 12.6. The number of amides is 2. The van der Waals surface area contributed by atoms with Crippen LogP contribution in [0.15, 0.2) is 27.4 Å². The van der Waals surface area contributed by atoms with E-state index in [0.29, 0.717) is 30.5 Å². The predicted octanol–water partition coefficient (Wildman–Crippen LogP) is 0.734. The van der Waals surface area contributed by atoms with Crippen LogP contribution in [-0.4, -0.2) is 34.3 Å². The number of likely N-dealkylation sites (tertiary alicyclic amines) is 1. The maximum Gasteiger partial charge on any atom is 0.417 e. The van der Waals surface area contributed by atoms with Crippen LogP contribution in [0.3, 0.4) is 0 Å². The lowest BCUT2D eigenvalue weighted by atomic mass is 10.0. The first-order valence-corrected chi connectivity index (χ1v) is 7.59. The van der Waals surface area contributed by atoms with E-state index >= 15 is 0 Å². The second kappa shape index (κ2) is 6.28. The van der Waals surface area contributed by atoms with Gasteiger partial charge in [-0.25, -0.2) is 4.79 Å². The number of H-pyrrole nitrogens is 1. The van der Waals surface area contributed by atoms with Gasteiger partial charge in [0.25, 0.3) is 0 Å². The molecule has 121 valence electrons. The Bertz CT molecular complexity index is 792. The van der Waals surface area contributed by atoms with E-state index in [0.717, 1.165) is 18.4 Å². The molecule has 0 aliphatic carbocycles. The SMILES string of the molecule is NC(=O)C1CCCCN1C(=O)[CH]Cc1ccc2[nH]c(=O)oc2c1. The molecule has 7 nitrogen and oxygen atoms in total. The van der Waals surface area contributed by atoms with Gasteiger partial charge in [0.1, 0.15) is 6.04 Å². The highest BCUT2D eigenvalue weighted by Gasteiger charge is 2.30. The number of benzene rings is 1. The number of hydrogen-bond acceptors (Lipinski definition) is 4. The third kappa shape index (κ3) is 3.28. The summed E-state index contributed by atoms with van der Waals surface area (Å²) in [5, 5.41) is 0. The maximum atomic E-state index is 12.3. The Kier molecular flexibility index (Phi) is 4.18. The summed E-state index contributed by atoms with van der Waals surface area (Å²) in [6.07, 6.45) is 4.33. The van der Waals surface area contributed by atoms with Crippen molar-refractivity contribution >= 4 is 22.9 Å². The van der Waals surface area contributed by atoms with Crippen LogP contribution in [0, 0.1) is 6.42 Å². The molecular weight excluding hydrogens is 298 g/mol. The molecule has 1 unspecified atom stereocenters. The van der Waals surface area contributed by atoms with Gasteiger partial charge in [-0.15, -0.1) is 0 Å². The topological polar surface area (TPSA) is 109 Å². The van der Waals surface area contributed by atoms with Gasteiger partial charge in [0, 0.05) is 6.54 Å². The monoisotopic (exact) mass is 316 g/mol. The molecule has 1 radical (unpaired) electrons. The highest BCUT2D eigenvalue weighted by molar-refractivity contribution is 5.91. The number of oxazole rings is 1. The van der Waals surface area contributed by atoms with E-state index in [1.165, 1.54) is 6.42 Å². The van der Waals surface area contributed by atoms with E-state index in [-0.39, 0.29) is 5.91 Å². The van der Waals surface area contributed by atoms with E-state index < -0.39 is 17.7 Å². The number of rotatable bonds is 4. The average molecular weight is 316 g/mol. The number of nitrogens with two attached hydrogens (primary N) is 1. The summed E-state index contributed by atoms with van der Waals surface area (Å²) in [7, 11) is 0. The summed E-state index contributed by atoms with van der Waals surface area (Å²) in [6, 6.07) is 4.76. The van der Waals surface area contributed by atoms with Gasteiger partial charge in [-0.3, -0.25) is 14.6 Å². The molecule has 1 saturated heterocycles. The molecule has 7 heteroatoms. The zero-order valence-corrected chi connectivity index (χ0v) is 12.6. The van der Waals surface area contributed by atoms with Crippen LogP contribution in [-0.2, 0) is 16.0 Å². The Balaban J connectivity index is 1.67. The summed E-state index contributed by atoms with van der Waals surface area (Å²) in [4.78, 5) is 39.0. The first kappa shape index (κ1) is 15.3. The highest BCUT2D eigenvalue weighted by atomic mass is 16.4. The lowest BCUT2D eigenvalue weighted by Crippen LogP contribution is -2.50. The fraction of sp³-hybridized carbons (Fsp3) is 0.375. The molecule has 0 bridgehead atoms. The van der Waals surface area contributed by atoms with Crippen molar-refractivity contribution in [1.29, 1.82) is 0 Å². The van der Waals surface area contributed by atoms with Crippen molar-refractivity contribution in [3.05, 3.63) is 40.7 Å². The first-order valence-electron chi connectivity index (χ1n) is 7.59. The normalized spacial score (nSPS) is 18.3. The molecule has 1 aromatic heterocycles. The van der Waals surface area contributed by atoms with Gasteiger partial charge >= 0.3 is 5.76 Å². The second-order valence-corrected chi connectivity index (χ2v) is 5.70. The van der Waals surface area contributed by atoms with Gasteiger partial charge in [-0.1, -0.05) is 6.07 Å². The highest BCUT2D eigenvalue weighted by Crippen LogP contribution is 2.19. The second-order valence-electron chi connectivity index (χ2n) is 5.70. The van der Waals surface area contributed by atoms with Crippen molar-refractivity contribution in [2.75, 3.05) is 6.54 Å². The summed E-state index contributed by atoms with van der Waals surface area (Å²) >= 11 is 0. The van der Waals surface area contributed by atoms with Gasteiger partial charge in [0.2, 0.25) is 11.8 Å². The minimum atomic E-state index is -0.516. The molecule has 1 fully saturated rings. The molecule has 0 saturated carbocycles. The lowest BCUT2D eigenvalue weighted by Gasteiger charge is -2.33. The van der Waals surface area contributed by atoms with Gasteiger partial charge in [0.05, 0.1) is 11.9 Å². The van der Waals surface area contributed by atoms with E-state index in [4.69, 9.17) is 10.2 Å². The molecule has 23 heavy (non-hydrogen) atoms. The van der Waals surface area contributed by atoms with Gasteiger partial charge < -0.3 is 15.1 Å². The predicted molar refractivity (Wildman–Crippen MR) is 83.4 cm³/mol. The Hall–Kier alpha value is -2.57. The molecule has 2 aromatic rings. The van der Waals surface area contributed by atoms with Crippen molar-refractivity contribution < 1.29 is 14.0 Å². The third-order valence-electron chi connectivity index (χ3n) is 4.11. The Morgan fingerprint density at radius 3 is 3.00 bits per heavy atom. The van der Waals surface area contributed by atoms with Crippen LogP contribution in [0.2, 0.25) is 0 Å². The average Bonchev–Trinajstić information content (AvgIpc) is 2.91. The van der Waals surface area contributed by atoms with E-state index in [1.54, 1.807) is 17.0 Å². The molecule has 2 heterocycles. The van der Waals surface area contributed by atoms with Gasteiger partial charge in [-0.2, -0.15) is 0 Å². The number of aromatic amines is 1. The molecular formula is C16H18N3O4. The molecule has 3 N–H and O–H groups in total. The van der Waals surface area contributed by atoms with Crippen LogP contribution >= 0.6 is 0 Å². The minimum Gasteiger partial charge on any atom is -0.408 e. The van der Waals surface area contributed by atoms with Crippen molar-refractivity contribution in [3.8, 4) is 0 Å². The standard InChI is InChI=1S/C16H18N3O4/c17-15(21)12-3-1-2-8-19(12)14(20)7-5-10-4-6-11-13(9-10)23-16(22)18-11/h4,6-7,9,12H,1-3,5,8H2,(H2,17,21)(H,18,22). The number of aromatic nitrogens is 1. The summed E-state index contributed by atoms with van der Waals surface area (Å²) in [5.41, 5.74) is 7.30. The smallest absolute Gasteiger partial charge is 0.408 e. The molecule has 2 amide bonds. The van der Waals surface area contributed by atoms with Crippen LogP contribution < -0.4 is 11.5 Å². The summed E-state index contributed by atoms with van der Waals surface area (Å²) in [5.74, 6) is -1.15. The van der Waals surface area contributed by atoms with Crippen LogP contribution in [0.5, 0.6) is 0 Å².